The average molecular weight is 1760 g/mol. The normalized spacial score (nSPS) is 18.2. The lowest BCUT2D eigenvalue weighted by atomic mass is 9.68. The number of benzene rings is 11. The lowest BCUT2D eigenvalue weighted by Crippen LogP contribution is -2.38. The van der Waals surface area contributed by atoms with Crippen LogP contribution in [0.4, 0.5) is 0 Å². The van der Waals surface area contributed by atoms with E-state index in [4.69, 9.17) is 0 Å². The Balaban J connectivity index is 0.000000108. The van der Waals surface area contributed by atoms with Crippen molar-refractivity contribution in [1.82, 2.24) is 22.8 Å². The van der Waals surface area contributed by atoms with Gasteiger partial charge in [-0.25, -0.2) is 0 Å². The van der Waals surface area contributed by atoms with Crippen LogP contribution in [0, 0.1) is 81.1 Å². The van der Waals surface area contributed by atoms with E-state index in [0.29, 0.717) is 0 Å². The molecule has 7 aliphatic rings. The van der Waals surface area contributed by atoms with Crippen LogP contribution in [0.5, 0.6) is 0 Å². The number of nitrogens with zero attached hydrogens (tertiary/aromatic N) is 10. The molecule has 134 heavy (non-hydrogen) atoms. The minimum Gasteiger partial charge on any atom is -0.198 e. The molecule has 5 aromatic heterocycles. The van der Waals surface area contributed by atoms with Crippen molar-refractivity contribution in [2.45, 2.75) is 203 Å². The van der Waals surface area contributed by atoms with Crippen LogP contribution < -0.4 is 22.8 Å². The van der Waals surface area contributed by atoms with E-state index in [1.165, 1.54) is 233 Å². The molecule has 2 fully saturated rings. The standard InChI is InChI=1S/C27H31N2.C27H25N2.C26H29N2.2C22H23N2/c2*1-20-12-10-11-17-24(20)29-21(2)25-27(3,23-15-8-5-9-16-23)18-19-28(25)26(29)22-13-6-4-7-14-22;1-19-11-7-10-16-23(19)28-20(2)24-26(3,22-14-8-9-15-22)17-18-27(24)25(28)21-12-5-4-6-13-21;2*1-16-10-8-9-13-19(16)24-17(2)20-22(3,4)14-15-23(20)21(24)18-11-6-5-7-12-18/h4,6-7,10-14,17-19,23H,5,8-9,15-16H2,1-3H3;4-19H,1-3H3;4-7,10-13,16-18,22H,8-9,14-15H2,1-3H3;2*5-15H,1-4H3/q5*+1. The number of imidazole rings is 5. The van der Waals surface area contributed by atoms with E-state index in [1.807, 2.05) is 0 Å². The van der Waals surface area contributed by atoms with Gasteiger partial charge in [0.25, 0.3) is 29.1 Å². The van der Waals surface area contributed by atoms with Gasteiger partial charge in [-0.05, 0) is 275 Å². The zero-order valence-corrected chi connectivity index (χ0v) is 81.6. The molecule has 672 valence electrons. The van der Waals surface area contributed by atoms with Gasteiger partial charge in [-0.3, -0.25) is 0 Å². The number of fused-ring (bicyclic) bond motifs is 5. The number of aromatic nitrogens is 10. The summed E-state index contributed by atoms with van der Waals surface area (Å²) in [4.78, 5) is 0. The van der Waals surface area contributed by atoms with E-state index in [2.05, 4.69) is 528 Å². The molecule has 0 bridgehead atoms. The Bertz CT molecular complexity index is 7070. The number of para-hydroxylation sites is 5. The quantitative estimate of drug-likeness (QED) is 0.103. The lowest BCUT2D eigenvalue weighted by molar-refractivity contribution is -0.562. The summed E-state index contributed by atoms with van der Waals surface area (Å²) >= 11 is 0. The molecule has 2 saturated carbocycles. The molecule has 0 spiro atoms. The first-order chi connectivity index (χ1) is 64.8. The zero-order valence-electron chi connectivity index (χ0n) is 81.6. The Kier molecular flexibility index (Phi) is 24.2. The molecule has 10 heteroatoms. The second-order valence-corrected chi connectivity index (χ2v) is 40.0. The van der Waals surface area contributed by atoms with Crippen LogP contribution in [-0.4, -0.2) is 22.8 Å². The van der Waals surface area contributed by atoms with Gasteiger partial charge in [0.2, 0.25) is 0 Å². The number of rotatable bonds is 13. The van der Waals surface area contributed by atoms with Gasteiger partial charge >= 0.3 is 0 Å². The Morgan fingerprint density at radius 2 is 0.425 bits per heavy atom. The zero-order chi connectivity index (χ0) is 93.1. The molecular formula is C124H131N10+5. The van der Waals surface area contributed by atoms with E-state index in [-0.39, 0.29) is 27.1 Å². The molecule has 0 amide bonds. The highest BCUT2D eigenvalue weighted by molar-refractivity contribution is 5.68. The van der Waals surface area contributed by atoms with Crippen molar-refractivity contribution < 1.29 is 22.8 Å². The summed E-state index contributed by atoms with van der Waals surface area (Å²) < 4.78 is 24.3. The Labute approximate surface area is 795 Å². The Hall–Kier alpha value is -13.8. The molecule has 23 rings (SSSR count). The van der Waals surface area contributed by atoms with Crippen LogP contribution in [0.3, 0.4) is 0 Å². The fourth-order valence-corrected chi connectivity index (χ4v) is 23.8. The molecule has 16 aromatic rings. The average Bonchev–Trinajstić information content (AvgIpc) is 1.58. The maximum absolute atomic E-state index is 2.49. The van der Waals surface area contributed by atoms with Crippen molar-refractivity contribution >= 4 is 31.0 Å². The first-order valence-corrected chi connectivity index (χ1v) is 48.8. The second kappa shape index (κ2) is 36.3. The predicted molar refractivity (Wildman–Crippen MR) is 553 cm³/mol. The molecular weight excluding hydrogens is 1630 g/mol. The summed E-state index contributed by atoms with van der Waals surface area (Å²) in [5.74, 6) is 7.65. The van der Waals surface area contributed by atoms with Crippen molar-refractivity contribution in [1.29, 1.82) is 0 Å². The molecule has 0 radical (unpaired) electrons. The Morgan fingerprint density at radius 1 is 0.216 bits per heavy atom. The van der Waals surface area contributed by atoms with E-state index in [9.17, 15) is 0 Å². The van der Waals surface area contributed by atoms with Crippen LogP contribution in [-0.2, 0) is 27.1 Å². The van der Waals surface area contributed by atoms with Gasteiger partial charge in [0.05, 0.1) is 85.9 Å². The minimum absolute atomic E-state index is 0.0432. The molecule has 3 unspecified atom stereocenters. The van der Waals surface area contributed by atoms with Gasteiger partial charge in [0.1, 0.15) is 28.4 Å². The maximum Gasteiger partial charge on any atom is 0.299 e. The van der Waals surface area contributed by atoms with Crippen LogP contribution in [0.25, 0.3) is 116 Å². The van der Waals surface area contributed by atoms with Gasteiger partial charge in [-0.2, -0.15) is 45.7 Å². The van der Waals surface area contributed by atoms with Crippen molar-refractivity contribution in [2.75, 3.05) is 0 Å². The van der Waals surface area contributed by atoms with E-state index >= 15 is 0 Å². The minimum atomic E-state index is -0.164. The molecule has 11 aromatic carbocycles. The third kappa shape index (κ3) is 15.6. The summed E-state index contributed by atoms with van der Waals surface area (Å²) in [5.41, 5.74) is 34.1. The van der Waals surface area contributed by atoms with Gasteiger partial charge in [-0.1, -0.05) is 244 Å². The summed E-state index contributed by atoms with van der Waals surface area (Å²) in [5, 5.41) is 0. The molecule has 5 aliphatic heterocycles. The first kappa shape index (κ1) is 89.4. The van der Waals surface area contributed by atoms with E-state index < -0.39 is 0 Å². The number of allylic oxidation sites excluding steroid dienone is 5. The lowest BCUT2D eigenvalue weighted by Gasteiger charge is -2.34. The van der Waals surface area contributed by atoms with Gasteiger partial charge in [0.15, 0.2) is 56.9 Å². The van der Waals surface area contributed by atoms with Crippen molar-refractivity contribution in [3.05, 3.63) is 424 Å². The van der Waals surface area contributed by atoms with Gasteiger partial charge < -0.3 is 0 Å². The smallest absolute Gasteiger partial charge is 0.198 e. The summed E-state index contributed by atoms with van der Waals surface area (Å²) in [6, 6.07) is 108. The largest absolute Gasteiger partial charge is 0.299 e. The molecule has 0 N–H and O–H groups in total. The second-order valence-electron chi connectivity index (χ2n) is 40.0. The number of aryl methyl sites for hydroxylation is 5. The van der Waals surface area contributed by atoms with Crippen molar-refractivity contribution in [2.24, 2.45) is 11.8 Å². The molecule has 2 aliphatic carbocycles. The van der Waals surface area contributed by atoms with Gasteiger partial charge in [-0.15, -0.1) is 0 Å². The maximum atomic E-state index is 2.49. The highest BCUT2D eigenvalue weighted by atomic mass is 15.2. The topological polar surface area (TPSA) is 44.0 Å². The number of hydrogen-bond acceptors (Lipinski definition) is 0. The van der Waals surface area contributed by atoms with Crippen molar-refractivity contribution in [3.8, 4) is 85.4 Å². The highest BCUT2D eigenvalue weighted by Crippen LogP contribution is 2.50. The van der Waals surface area contributed by atoms with Crippen LogP contribution >= 0.6 is 0 Å². The van der Waals surface area contributed by atoms with Gasteiger partial charge in [0, 0.05) is 34.6 Å². The monoisotopic (exact) mass is 1760 g/mol. The fraction of sp³-hybridized carbons (Fsp3) is 0.266. The molecule has 10 nitrogen and oxygen atoms in total. The number of hydrogen-bond donors (Lipinski definition) is 0. The summed E-state index contributed by atoms with van der Waals surface area (Å²) in [6.07, 6.45) is 35.5. The molecule has 10 heterocycles. The van der Waals surface area contributed by atoms with E-state index in [0.717, 1.165) is 11.8 Å². The van der Waals surface area contributed by atoms with E-state index in [1.54, 1.807) is 0 Å². The third-order valence-electron chi connectivity index (χ3n) is 30.5. The Morgan fingerprint density at radius 3 is 0.701 bits per heavy atom. The van der Waals surface area contributed by atoms with Crippen LogP contribution in [0.2, 0.25) is 0 Å². The van der Waals surface area contributed by atoms with Crippen LogP contribution in [0.15, 0.2) is 334 Å². The predicted octanol–water partition coefficient (Wildman–Crippen LogP) is 27.8. The molecule has 0 saturated heterocycles. The van der Waals surface area contributed by atoms with Crippen molar-refractivity contribution in [3.63, 3.8) is 0 Å². The first-order valence-electron chi connectivity index (χ1n) is 48.8. The summed E-state index contributed by atoms with van der Waals surface area (Å²) in [6.45, 7) is 38.7. The highest BCUT2D eigenvalue weighted by Gasteiger charge is 2.52. The SMILES string of the molecule is Cc1ccccc1-n1c(C)c2[n+](c1-c1ccccc1)C=CC2(C)C.Cc1ccccc1-n1c(C)c2[n+](c1-c1ccccc1)C=CC2(C)C.Cc1ccccc1-n1c(C)c2[n+](c1-c1ccccc1)C=CC2(C)C1CCCC1.Cc1ccccc1-n1c(C)c2[n+](c1-c1ccccc1)C=CC2(C)C1CCCCC1.Cc1ccccc1-n1c(C)c2[n+](c1-c1ccccc1)C=CC2(C)c1ccccc1. The fourth-order valence-electron chi connectivity index (χ4n) is 23.8. The summed E-state index contributed by atoms with van der Waals surface area (Å²) in [7, 11) is 0. The third-order valence-corrected chi connectivity index (χ3v) is 30.5. The molecule has 3 atom stereocenters. The van der Waals surface area contributed by atoms with Crippen LogP contribution in [0.1, 0.15) is 197 Å².